The lowest BCUT2D eigenvalue weighted by Crippen LogP contribution is -2.34. The minimum absolute atomic E-state index is 0. The SMILES string of the molecule is CC[C@H](N)C(=O)Nc1ccc2c(c1)CCO2.Cl. The molecular formula is C12H17ClN2O2. The highest BCUT2D eigenvalue weighted by atomic mass is 35.5. The second-order valence-electron chi connectivity index (χ2n) is 3.92. The van der Waals surface area contributed by atoms with Gasteiger partial charge < -0.3 is 15.8 Å². The monoisotopic (exact) mass is 256 g/mol. The number of halogens is 1. The minimum Gasteiger partial charge on any atom is -0.493 e. The van der Waals surface area contributed by atoms with Crippen molar-refractivity contribution in [2.45, 2.75) is 25.8 Å². The molecule has 1 aliphatic heterocycles. The van der Waals surface area contributed by atoms with E-state index in [2.05, 4.69) is 5.32 Å². The average Bonchev–Trinajstić information content (AvgIpc) is 2.75. The van der Waals surface area contributed by atoms with E-state index in [1.165, 1.54) is 0 Å². The van der Waals surface area contributed by atoms with Crippen LogP contribution in [0.3, 0.4) is 0 Å². The average molecular weight is 257 g/mol. The molecule has 0 fully saturated rings. The fraction of sp³-hybridized carbons (Fsp3) is 0.417. The second kappa shape index (κ2) is 5.89. The number of anilines is 1. The number of rotatable bonds is 3. The maximum atomic E-state index is 11.6. The van der Waals surface area contributed by atoms with Crippen LogP contribution in [0, 0.1) is 0 Å². The Hall–Kier alpha value is -1.26. The standard InChI is InChI=1S/C12H16N2O2.ClH/c1-2-10(13)12(15)14-9-3-4-11-8(7-9)5-6-16-11;/h3-4,7,10H,2,5-6,13H2,1H3,(H,14,15);1H/t10-;/m0./s1. The molecule has 0 radical (unpaired) electrons. The summed E-state index contributed by atoms with van der Waals surface area (Å²) in [5.41, 5.74) is 7.57. The van der Waals surface area contributed by atoms with Crippen molar-refractivity contribution in [1.29, 1.82) is 0 Å². The van der Waals surface area contributed by atoms with E-state index in [1.807, 2.05) is 25.1 Å². The molecule has 0 unspecified atom stereocenters. The zero-order valence-electron chi connectivity index (χ0n) is 9.73. The van der Waals surface area contributed by atoms with Gasteiger partial charge >= 0.3 is 0 Å². The highest BCUT2D eigenvalue weighted by molar-refractivity contribution is 5.94. The van der Waals surface area contributed by atoms with E-state index in [1.54, 1.807) is 0 Å². The van der Waals surface area contributed by atoms with Gasteiger partial charge in [0.2, 0.25) is 5.91 Å². The fourth-order valence-corrected chi connectivity index (χ4v) is 1.68. The normalized spacial score (nSPS) is 14.2. The third-order valence-corrected chi connectivity index (χ3v) is 2.73. The summed E-state index contributed by atoms with van der Waals surface area (Å²) in [7, 11) is 0. The van der Waals surface area contributed by atoms with Gasteiger partial charge in [0.15, 0.2) is 0 Å². The van der Waals surface area contributed by atoms with Crippen molar-refractivity contribution in [3.8, 4) is 5.75 Å². The van der Waals surface area contributed by atoms with Gasteiger partial charge in [-0.15, -0.1) is 12.4 Å². The van der Waals surface area contributed by atoms with Gasteiger partial charge in [-0.05, 0) is 30.2 Å². The van der Waals surface area contributed by atoms with Crippen LogP contribution < -0.4 is 15.8 Å². The summed E-state index contributed by atoms with van der Waals surface area (Å²) in [4.78, 5) is 11.6. The molecule has 94 valence electrons. The van der Waals surface area contributed by atoms with Crippen LogP contribution in [-0.2, 0) is 11.2 Å². The Morgan fingerprint density at radius 3 is 3.06 bits per heavy atom. The Balaban J connectivity index is 0.00000144. The third-order valence-electron chi connectivity index (χ3n) is 2.73. The van der Waals surface area contributed by atoms with Crippen LogP contribution in [0.4, 0.5) is 5.69 Å². The zero-order valence-corrected chi connectivity index (χ0v) is 10.5. The summed E-state index contributed by atoms with van der Waals surface area (Å²) in [5.74, 6) is 0.777. The van der Waals surface area contributed by atoms with Crippen molar-refractivity contribution in [2.24, 2.45) is 5.73 Å². The van der Waals surface area contributed by atoms with Crippen LogP contribution in [0.2, 0.25) is 0 Å². The summed E-state index contributed by atoms with van der Waals surface area (Å²) < 4.78 is 5.39. The molecule has 5 heteroatoms. The number of ether oxygens (including phenoxy) is 1. The topological polar surface area (TPSA) is 64.4 Å². The first-order valence-corrected chi connectivity index (χ1v) is 5.53. The van der Waals surface area contributed by atoms with Gasteiger partial charge in [-0.1, -0.05) is 6.92 Å². The van der Waals surface area contributed by atoms with E-state index in [9.17, 15) is 4.79 Å². The number of carbonyl (C=O) groups is 1. The number of amides is 1. The smallest absolute Gasteiger partial charge is 0.241 e. The number of nitrogens with one attached hydrogen (secondary N) is 1. The molecule has 1 amide bonds. The fourth-order valence-electron chi connectivity index (χ4n) is 1.68. The van der Waals surface area contributed by atoms with Gasteiger partial charge in [-0.25, -0.2) is 0 Å². The van der Waals surface area contributed by atoms with Gasteiger partial charge in [0.25, 0.3) is 0 Å². The molecule has 0 bridgehead atoms. The van der Waals surface area contributed by atoms with E-state index in [0.29, 0.717) is 6.42 Å². The first-order valence-electron chi connectivity index (χ1n) is 5.53. The molecule has 1 aromatic rings. The lowest BCUT2D eigenvalue weighted by molar-refractivity contribution is -0.117. The highest BCUT2D eigenvalue weighted by Gasteiger charge is 2.14. The van der Waals surface area contributed by atoms with Crippen LogP contribution in [0.25, 0.3) is 0 Å². The molecule has 1 aliphatic rings. The van der Waals surface area contributed by atoms with Crippen LogP contribution in [0.1, 0.15) is 18.9 Å². The second-order valence-corrected chi connectivity index (χ2v) is 3.92. The molecule has 0 aliphatic carbocycles. The summed E-state index contributed by atoms with van der Waals surface area (Å²) in [6.45, 7) is 2.61. The number of benzene rings is 1. The molecular weight excluding hydrogens is 240 g/mol. The molecule has 1 atom stereocenters. The van der Waals surface area contributed by atoms with Gasteiger partial charge in [-0.2, -0.15) is 0 Å². The van der Waals surface area contributed by atoms with Crippen LogP contribution >= 0.6 is 12.4 Å². The predicted molar refractivity (Wildman–Crippen MR) is 69.8 cm³/mol. The molecule has 0 aromatic heterocycles. The first kappa shape index (κ1) is 13.8. The predicted octanol–water partition coefficient (Wildman–Crippen LogP) is 1.72. The molecule has 1 aromatic carbocycles. The highest BCUT2D eigenvalue weighted by Crippen LogP contribution is 2.27. The summed E-state index contributed by atoms with van der Waals surface area (Å²) in [6.07, 6.45) is 1.54. The van der Waals surface area contributed by atoms with E-state index >= 15 is 0 Å². The van der Waals surface area contributed by atoms with Gasteiger partial charge in [0, 0.05) is 12.1 Å². The first-order chi connectivity index (χ1) is 7.70. The van der Waals surface area contributed by atoms with E-state index in [4.69, 9.17) is 10.5 Å². The maximum absolute atomic E-state index is 11.6. The summed E-state index contributed by atoms with van der Waals surface area (Å²) >= 11 is 0. The number of hydrogen-bond acceptors (Lipinski definition) is 3. The molecule has 0 saturated heterocycles. The molecule has 2 rings (SSSR count). The molecule has 0 saturated carbocycles. The lowest BCUT2D eigenvalue weighted by atomic mass is 10.1. The van der Waals surface area contributed by atoms with Crippen LogP contribution in [0.5, 0.6) is 5.75 Å². The van der Waals surface area contributed by atoms with Crippen molar-refractivity contribution in [1.82, 2.24) is 0 Å². The Bertz CT molecular complexity index is 409. The Morgan fingerprint density at radius 1 is 1.59 bits per heavy atom. The van der Waals surface area contributed by atoms with Crippen molar-refractivity contribution in [2.75, 3.05) is 11.9 Å². The van der Waals surface area contributed by atoms with Gasteiger partial charge in [-0.3, -0.25) is 4.79 Å². The molecule has 17 heavy (non-hydrogen) atoms. The van der Waals surface area contributed by atoms with E-state index in [0.717, 1.165) is 30.0 Å². The number of carbonyl (C=O) groups excluding carboxylic acids is 1. The van der Waals surface area contributed by atoms with Gasteiger partial charge in [0.05, 0.1) is 12.6 Å². The largest absolute Gasteiger partial charge is 0.493 e. The number of fused-ring (bicyclic) bond motifs is 1. The lowest BCUT2D eigenvalue weighted by Gasteiger charge is -2.10. The minimum atomic E-state index is -0.440. The maximum Gasteiger partial charge on any atom is 0.241 e. The number of nitrogens with two attached hydrogens (primary N) is 1. The molecule has 1 heterocycles. The molecule has 3 N–H and O–H groups in total. The quantitative estimate of drug-likeness (QED) is 0.866. The van der Waals surface area contributed by atoms with Crippen molar-refractivity contribution in [3.05, 3.63) is 23.8 Å². The van der Waals surface area contributed by atoms with Crippen molar-refractivity contribution >= 4 is 24.0 Å². The Morgan fingerprint density at radius 2 is 2.35 bits per heavy atom. The molecule has 4 nitrogen and oxygen atoms in total. The summed E-state index contributed by atoms with van der Waals surface area (Å²) in [5, 5.41) is 2.80. The van der Waals surface area contributed by atoms with Crippen molar-refractivity contribution < 1.29 is 9.53 Å². The summed E-state index contributed by atoms with van der Waals surface area (Å²) in [6, 6.07) is 5.23. The van der Waals surface area contributed by atoms with Crippen molar-refractivity contribution in [3.63, 3.8) is 0 Å². The Labute approximate surface area is 107 Å². The van der Waals surface area contributed by atoms with Gasteiger partial charge in [0.1, 0.15) is 5.75 Å². The number of hydrogen-bond donors (Lipinski definition) is 2. The Kier molecular flexibility index (Phi) is 4.78. The third kappa shape index (κ3) is 3.11. The van der Waals surface area contributed by atoms with Crippen LogP contribution in [-0.4, -0.2) is 18.6 Å². The van der Waals surface area contributed by atoms with Crippen LogP contribution in [0.15, 0.2) is 18.2 Å². The molecule has 0 spiro atoms. The van der Waals surface area contributed by atoms with E-state index < -0.39 is 6.04 Å². The zero-order chi connectivity index (χ0) is 11.5. The van der Waals surface area contributed by atoms with E-state index in [-0.39, 0.29) is 18.3 Å².